The highest BCUT2D eigenvalue weighted by Crippen LogP contribution is 2.18. The molecule has 1 saturated heterocycles. The van der Waals surface area contributed by atoms with Crippen molar-refractivity contribution in [3.8, 4) is 0 Å². The summed E-state index contributed by atoms with van der Waals surface area (Å²) >= 11 is 0. The fourth-order valence-corrected chi connectivity index (χ4v) is 1.78. The fraction of sp³-hybridized carbons (Fsp3) is 0.889. The minimum atomic E-state index is 0.0442. The van der Waals surface area contributed by atoms with Crippen LogP contribution in [0.25, 0.3) is 0 Å². The lowest BCUT2D eigenvalue weighted by Crippen LogP contribution is -2.31. The molecule has 0 amide bonds. The zero-order valence-corrected chi connectivity index (χ0v) is 8.32. The Hall–Kier alpha value is -0.450. The van der Waals surface area contributed by atoms with Gasteiger partial charge in [0.05, 0.1) is 18.8 Å². The van der Waals surface area contributed by atoms with Crippen LogP contribution in [0.4, 0.5) is 0 Å². The van der Waals surface area contributed by atoms with Gasteiger partial charge < -0.3 is 10.5 Å². The average Bonchev–Trinajstić information content (AvgIpc) is 2.43. The number of likely N-dealkylation sites (N-methyl/N-ethyl adjacent to an activating group) is 1. The van der Waals surface area contributed by atoms with Crippen molar-refractivity contribution in [1.82, 2.24) is 4.90 Å². The van der Waals surface area contributed by atoms with Crippen molar-refractivity contribution >= 4 is 5.78 Å². The first-order chi connectivity index (χ1) is 6.15. The van der Waals surface area contributed by atoms with E-state index >= 15 is 0 Å². The van der Waals surface area contributed by atoms with Crippen LogP contribution >= 0.6 is 0 Å². The van der Waals surface area contributed by atoms with Crippen LogP contribution < -0.4 is 5.73 Å². The van der Waals surface area contributed by atoms with Gasteiger partial charge in [-0.2, -0.15) is 0 Å². The van der Waals surface area contributed by atoms with E-state index in [0.717, 1.165) is 13.0 Å². The van der Waals surface area contributed by atoms with Gasteiger partial charge in [0.25, 0.3) is 0 Å². The molecule has 2 atom stereocenters. The third-order valence-electron chi connectivity index (χ3n) is 2.45. The third-order valence-corrected chi connectivity index (χ3v) is 2.45. The molecule has 0 radical (unpaired) electrons. The van der Waals surface area contributed by atoms with Gasteiger partial charge in [0, 0.05) is 13.1 Å². The molecule has 1 rings (SSSR count). The maximum absolute atomic E-state index is 11.2. The van der Waals surface area contributed by atoms with E-state index in [1.807, 2.05) is 11.9 Å². The molecule has 1 aliphatic heterocycles. The second-order valence-corrected chi connectivity index (χ2v) is 3.58. The first-order valence-electron chi connectivity index (χ1n) is 4.67. The van der Waals surface area contributed by atoms with Gasteiger partial charge >= 0.3 is 0 Å². The Morgan fingerprint density at radius 1 is 1.69 bits per heavy atom. The smallest absolute Gasteiger partial charge is 0.146 e. The number of carbonyl (C=O) groups is 1. The lowest BCUT2D eigenvalue weighted by Gasteiger charge is -2.14. The quantitative estimate of drug-likeness (QED) is 0.650. The SMILES string of the molecule is CC(=O)[C@@H]1C[C@@H](OCCN)CN1C. The molecule has 0 aromatic carbocycles. The molecule has 1 fully saturated rings. The van der Waals surface area contributed by atoms with E-state index in [2.05, 4.69) is 0 Å². The summed E-state index contributed by atoms with van der Waals surface area (Å²) in [6.07, 6.45) is 0.994. The van der Waals surface area contributed by atoms with Crippen LogP contribution in [0.1, 0.15) is 13.3 Å². The molecule has 1 aliphatic rings. The Morgan fingerprint density at radius 3 is 2.85 bits per heavy atom. The van der Waals surface area contributed by atoms with Crippen LogP contribution in [0.5, 0.6) is 0 Å². The number of carbonyl (C=O) groups excluding carboxylic acids is 1. The standard InChI is InChI=1S/C9H18N2O2/c1-7(12)9-5-8(6-11(9)2)13-4-3-10/h8-9H,3-6,10H2,1-2H3/t8-,9+/m1/s1. The molecule has 0 saturated carbocycles. The number of ether oxygens (including phenoxy) is 1. The minimum Gasteiger partial charge on any atom is -0.376 e. The topological polar surface area (TPSA) is 55.6 Å². The molecule has 0 unspecified atom stereocenters. The van der Waals surface area contributed by atoms with Gasteiger partial charge in [-0.1, -0.05) is 0 Å². The average molecular weight is 186 g/mol. The Bertz CT molecular complexity index is 184. The lowest BCUT2D eigenvalue weighted by molar-refractivity contribution is -0.120. The zero-order valence-electron chi connectivity index (χ0n) is 8.32. The number of nitrogens with zero attached hydrogens (tertiary/aromatic N) is 1. The summed E-state index contributed by atoms with van der Waals surface area (Å²) in [5, 5.41) is 0. The van der Waals surface area contributed by atoms with Gasteiger partial charge in [0.2, 0.25) is 0 Å². The fourth-order valence-electron chi connectivity index (χ4n) is 1.78. The highest BCUT2D eigenvalue weighted by Gasteiger charge is 2.32. The van der Waals surface area contributed by atoms with E-state index in [9.17, 15) is 4.79 Å². The predicted octanol–water partition coefficient (Wildman–Crippen LogP) is -0.377. The van der Waals surface area contributed by atoms with E-state index in [1.54, 1.807) is 6.92 Å². The summed E-state index contributed by atoms with van der Waals surface area (Å²) in [6.45, 7) is 3.60. The van der Waals surface area contributed by atoms with Crippen molar-refractivity contribution in [1.29, 1.82) is 0 Å². The second kappa shape index (κ2) is 4.69. The molecule has 0 spiro atoms. The molecule has 0 aliphatic carbocycles. The van der Waals surface area contributed by atoms with Gasteiger partial charge in [-0.15, -0.1) is 0 Å². The molecule has 13 heavy (non-hydrogen) atoms. The van der Waals surface area contributed by atoms with Crippen molar-refractivity contribution in [2.75, 3.05) is 26.7 Å². The molecular formula is C9H18N2O2. The molecule has 4 heteroatoms. The van der Waals surface area contributed by atoms with Crippen molar-refractivity contribution in [3.05, 3.63) is 0 Å². The van der Waals surface area contributed by atoms with E-state index in [-0.39, 0.29) is 17.9 Å². The maximum atomic E-state index is 11.2. The molecule has 76 valence electrons. The summed E-state index contributed by atoms with van der Waals surface area (Å²) in [7, 11) is 1.96. The van der Waals surface area contributed by atoms with E-state index < -0.39 is 0 Å². The number of nitrogens with two attached hydrogens (primary N) is 1. The Balaban J connectivity index is 2.36. The molecule has 1 heterocycles. The number of likely N-dealkylation sites (tertiary alicyclic amines) is 1. The maximum Gasteiger partial charge on any atom is 0.146 e. The summed E-state index contributed by atoms with van der Waals surface area (Å²) in [4.78, 5) is 13.2. The number of ketones is 1. The third kappa shape index (κ3) is 2.76. The van der Waals surface area contributed by atoms with Crippen LogP contribution in [0, 0.1) is 0 Å². The molecular weight excluding hydrogens is 168 g/mol. The van der Waals surface area contributed by atoms with Crippen molar-refractivity contribution in [2.45, 2.75) is 25.5 Å². The summed E-state index contributed by atoms with van der Waals surface area (Å²) in [5.74, 6) is 0.223. The zero-order chi connectivity index (χ0) is 9.84. The van der Waals surface area contributed by atoms with E-state index in [1.165, 1.54) is 0 Å². The normalized spacial score (nSPS) is 29.5. The van der Waals surface area contributed by atoms with Gasteiger partial charge in [0.15, 0.2) is 0 Å². The highest BCUT2D eigenvalue weighted by atomic mass is 16.5. The van der Waals surface area contributed by atoms with Crippen LogP contribution in [-0.2, 0) is 9.53 Å². The Kier molecular flexibility index (Phi) is 3.84. The Morgan fingerprint density at radius 2 is 2.38 bits per heavy atom. The minimum absolute atomic E-state index is 0.0442. The van der Waals surface area contributed by atoms with Gasteiger partial charge in [-0.3, -0.25) is 9.69 Å². The lowest BCUT2D eigenvalue weighted by atomic mass is 10.1. The first-order valence-corrected chi connectivity index (χ1v) is 4.67. The van der Waals surface area contributed by atoms with Gasteiger partial charge in [-0.05, 0) is 20.4 Å². The van der Waals surface area contributed by atoms with Crippen molar-refractivity contribution in [3.63, 3.8) is 0 Å². The number of hydrogen-bond acceptors (Lipinski definition) is 4. The van der Waals surface area contributed by atoms with Crippen molar-refractivity contribution in [2.24, 2.45) is 5.73 Å². The monoisotopic (exact) mass is 186 g/mol. The highest BCUT2D eigenvalue weighted by molar-refractivity contribution is 5.81. The van der Waals surface area contributed by atoms with Crippen LogP contribution in [0.2, 0.25) is 0 Å². The molecule has 4 nitrogen and oxygen atoms in total. The molecule has 0 aromatic rings. The Labute approximate surface area is 79.0 Å². The van der Waals surface area contributed by atoms with Crippen molar-refractivity contribution < 1.29 is 9.53 Å². The summed E-state index contributed by atoms with van der Waals surface area (Å²) in [5.41, 5.74) is 5.33. The number of Topliss-reactive ketones (excluding diaryl/α,β-unsaturated/α-hetero) is 1. The van der Waals surface area contributed by atoms with E-state index in [0.29, 0.717) is 13.2 Å². The molecule has 0 bridgehead atoms. The predicted molar refractivity (Wildman–Crippen MR) is 50.5 cm³/mol. The van der Waals surface area contributed by atoms with Gasteiger partial charge in [0.1, 0.15) is 5.78 Å². The largest absolute Gasteiger partial charge is 0.376 e. The molecule has 0 aromatic heterocycles. The summed E-state index contributed by atoms with van der Waals surface area (Å²) < 4.78 is 5.48. The van der Waals surface area contributed by atoms with Gasteiger partial charge in [-0.25, -0.2) is 0 Å². The number of hydrogen-bond donors (Lipinski definition) is 1. The molecule has 2 N–H and O–H groups in total. The second-order valence-electron chi connectivity index (χ2n) is 3.58. The van der Waals surface area contributed by atoms with Crippen LogP contribution in [0.15, 0.2) is 0 Å². The van der Waals surface area contributed by atoms with Crippen LogP contribution in [-0.4, -0.2) is 49.6 Å². The number of rotatable bonds is 4. The van der Waals surface area contributed by atoms with E-state index in [4.69, 9.17) is 10.5 Å². The summed E-state index contributed by atoms with van der Waals surface area (Å²) in [6, 6.07) is 0.0442. The first kappa shape index (κ1) is 10.6. The van der Waals surface area contributed by atoms with Crippen LogP contribution in [0.3, 0.4) is 0 Å².